The molecule has 0 saturated heterocycles. The third kappa shape index (κ3) is 3.75. The second-order valence-electron chi connectivity index (χ2n) is 8.31. The molecule has 0 radical (unpaired) electrons. The van der Waals surface area contributed by atoms with E-state index < -0.39 is 17.7 Å². The number of para-hydroxylation sites is 1. The van der Waals surface area contributed by atoms with Gasteiger partial charge >= 0.3 is 0 Å². The minimum atomic E-state index is -2.51. The number of anilines is 2. The van der Waals surface area contributed by atoms with Gasteiger partial charge in [0.25, 0.3) is 12.3 Å². The summed E-state index contributed by atoms with van der Waals surface area (Å²) in [5, 5.41) is 5.98. The monoisotopic (exact) mass is 466 g/mol. The number of rotatable bonds is 5. The molecule has 2 aliphatic rings. The average molecular weight is 466 g/mol. The molecule has 0 spiro atoms. The van der Waals surface area contributed by atoms with Crippen LogP contribution in [0.5, 0.6) is 5.75 Å². The van der Waals surface area contributed by atoms with Crippen LogP contribution in [-0.2, 0) is 6.42 Å². The molecule has 0 atom stereocenters. The molecule has 0 unspecified atom stereocenters. The third-order valence-corrected chi connectivity index (χ3v) is 6.14. The Morgan fingerprint density at radius 1 is 1.26 bits per heavy atom. The zero-order valence-corrected chi connectivity index (χ0v) is 18.3. The molecule has 5 rings (SSSR count). The molecule has 3 heterocycles. The summed E-state index contributed by atoms with van der Waals surface area (Å²) in [4.78, 5) is 20.2. The van der Waals surface area contributed by atoms with Crippen molar-refractivity contribution in [1.82, 2.24) is 15.3 Å². The summed E-state index contributed by atoms with van der Waals surface area (Å²) < 4.78 is 46.3. The number of ether oxygens (including phenoxy) is 1. The van der Waals surface area contributed by atoms with Crippen molar-refractivity contribution in [2.24, 2.45) is 5.41 Å². The van der Waals surface area contributed by atoms with Crippen LogP contribution >= 0.6 is 0 Å². The highest BCUT2D eigenvalue weighted by atomic mass is 19.3. The van der Waals surface area contributed by atoms with Gasteiger partial charge in [-0.15, -0.1) is 0 Å². The lowest BCUT2D eigenvalue weighted by atomic mass is 10.0. The lowest BCUT2D eigenvalue weighted by Crippen LogP contribution is -2.31. The van der Waals surface area contributed by atoms with Crippen molar-refractivity contribution in [3.63, 3.8) is 0 Å². The number of hydrogen-bond donors (Lipinski definition) is 3. The number of aromatic amines is 1. The summed E-state index contributed by atoms with van der Waals surface area (Å²) in [6.07, 6.45) is 1.84. The summed E-state index contributed by atoms with van der Waals surface area (Å²) in [6.45, 7) is 0.467. The van der Waals surface area contributed by atoms with E-state index in [4.69, 9.17) is 4.74 Å². The second kappa shape index (κ2) is 8.45. The molecular formula is C25H21F3N4O2. The molecule has 2 aromatic heterocycles. The first-order valence-corrected chi connectivity index (χ1v) is 10.8. The van der Waals surface area contributed by atoms with Crippen LogP contribution in [0.2, 0.25) is 0 Å². The van der Waals surface area contributed by atoms with E-state index >= 15 is 0 Å². The molecule has 1 aliphatic carbocycles. The summed E-state index contributed by atoms with van der Waals surface area (Å²) in [5.41, 5.74) is 2.16. The van der Waals surface area contributed by atoms with Gasteiger partial charge in [0.2, 0.25) is 0 Å². The largest absolute Gasteiger partial charge is 0.492 e. The summed E-state index contributed by atoms with van der Waals surface area (Å²) >= 11 is 0. The highest BCUT2D eigenvalue weighted by Crippen LogP contribution is 2.50. The van der Waals surface area contributed by atoms with Crippen LogP contribution in [0.25, 0.3) is 11.3 Å². The third-order valence-electron chi connectivity index (χ3n) is 6.14. The minimum absolute atomic E-state index is 0.00182. The molecule has 174 valence electrons. The molecule has 1 amide bonds. The number of nitrogens with one attached hydrogen (secondary N) is 3. The van der Waals surface area contributed by atoms with Crippen molar-refractivity contribution in [3.05, 3.63) is 59.3 Å². The molecule has 9 heteroatoms. The van der Waals surface area contributed by atoms with Crippen molar-refractivity contribution in [3.8, 4) is 28.8 Å². The van der Waals surface area contributed by atoms with E-state index in [2.05, 4.69) is 32.4 Å². The Bertz CT molecular complexity index is 1340. The fourth-order valence-corrected chi connectivity index (χ4v) is 4.09. The number of carbonyl (C=O) groups is 1. The average Bonchev–Trinajstić information content (AvgIpc) is 3.54. The Labute approximate surface area is 193 Å². The number of hydrogen-bond acceptors (Lipinski definition) is 4. The Morgan fingerprint density at radius 2 is 2.09 bits per heavy atom. The highest BCUT2D eigenvalue weighted by molar-refractivity contribution is 6.06. The Kier molecular flexibility index (Phi) is 5.44. The number of methoxy groups -OCH3 is 1. The molecule has 1 aliphatic heterocycles. The predicted octanol–water partition coefficient (Wildman–Crippen LogP) is 4.65. The lowest BCUT2D eigenvalue weighted by molar-refractivity contribution is 0.0920. The fourth-order valence-electron chi connectivity index (χ4n) is 4.09. The zero-order chi connectivity index (χ0) is 23.9. The molecular weight excluding hydrogens is 445 g/mol. The van der Waals surface area contributed by atoms with Crippen molar-refractivity contribution in [2.75, 3.05) is 19.0 Å². The van der Waals surface area contributed by atoms with E-state index in [1.165, 1.54) is 25.4 Å². The zero-order valence-electron chi connectivity index (χ0n) is 18.3. The first kappa shape index (κ1) is 21.9. The number of halogens is 3. The summed E-state index contributed by atoms with van der Waals surface area (Å²) in [7, 11) is 1.36. The van der Waals surface area contributed by atoms with E-state index in [1.807, 2.05) is 0 Å². The van der Waals surface area contributed by atoms with Crippen LogP contribution < -0.4 is 15.4 Å². The fraction of sp³-hybridized carbons (Fsp3) is 0.280. The molecule has 1 aromatic carbocycles. The van der Waals surface area contributed by atoms with E-state index in [0.717, 1.165) is 0 Å². The maximum absolute atomic E-state index is 14.3. The Hall–Kier alpha value is -3.93. The number of amides is 1. The van der Waals surface area contributed by atoms with Gasteiger partial charge in [-0.25, -0.2) is 13.2 Å². The first-order valence-electron chi connectivity index (χ1n) is 10.8. The molecule has 3 N–H and O–H groups in total. The molecule has 34 heavy (non-hydrogen) atoms. The van der Waals surface area contributed by atoms with Crippen LogP contribution in [-0.4, -0.2) is 36.0 Å². The highest BCUT2D eigenvalue weighted by Gasteiger charge is 2.50. The maximum Gasteiger partial charge on any atom is 0.255 e. The van der Waals surface area contributed by atoms with Gasteiger partial charge in [0.15, 0.2) is 11.6 Å². The standard InChI is InChI=1S/C25H21F3N4O2/c1-34-22-16(26)3-2-4-18(22)32-21-19-17(7-12-30-23(19)33)31-20(21)15-6-11-29-13-14(15)5-8-25(9-10-25)24(27)28/h2-4,6,11,13,24,31-32H,7,9-10,12H2,1H3,(H,30,33). The van der Waals surface area contributed by atoms with Gasteiger partial charge in [0.1, 0.15) is 0 Å². The number of pyridine rings is 1. The van der Waals surface area contributed by atoms with Crippen LogP contribution in [0.4, 0.5) is 24.5 Å². The van der Waals surface area contributed by atoms with Crippen LogP contribution in [0.1, 0.15) is 34.5 Å². The molecule has 6 nitrogen and oxygen atoms in total. The van der Waals surface area contributed by atoms with E-state index in [1.54, 1.807) is 18.3 Å². The summed E-state index contributed by atoms with van der Waals surface area (Å²) in [5.74, 6) is 4.79. The molecule has 3 aromatic rings. The van der Waals surface area contributed by atoms with E-state index in [9.17, 15) is 18.0 Å². The number of aromatic nitrogens is 2. The van der Waals surface area contributed by atoms with Crippen LogP contribution in [0.3, 0.4) is 0 Å². The predicted molar refractivity (Wildman–Crippen MR) is 121 cm³/mol. The topological polar surface area (TPSA) is 79.0 Å². The van der Waals surface area contributed by atoms with Crippen LogP contribution in [0.15, 0.2) is 36.7 Å². The van der Waals surface area contributed by atoms with Crippen molar-refractivity contribution in [2.45, 2.75) is 25.7 Å². The van der Waals surface area contributed by atoms with Gasteiger partial charge in [-0.3, -0.25) is 9.78 Å². The number of nitrogens with zero attached hydrogens (tertiary/aromatic N) is 1. The van der Waals surface area contributed by atoms with Gasteiger partial charge in [-0.1, -0.05) is 17.9 Å². The maximum atomic E-state index is 14.3. The number of carbonyl (C=O) groups excluding carboxylic acids is 1. The number of H-pyrrole nitrogens is 1. The molecule has 0 bridgehead atoms. The van der Waals surface area contributed by atoms with Gasteiger partial charge in [0, 0.05) is 36.6 Å². The number of fused-ring (bicyclic) bond motifs is 1. The Morgan fingerprint density at radius 3 is 2.82 bits per heavy atom. The van der Waals surface area contributed by atoms with Gasteiger partial charge in [-0.05, 0) is 31.0 Å². The van der Waals surface area contributed by atoms with Gasteiger partial charge in [0.05, 0.1) is 40.7 Å². The molecule has 1 fully saturated rings. The second-order valence-corrected chi connectivity index (χ2v) is 8.31. The normalized spacial score (nSPS) is 15.7. The van der Waals surface area contributed by atoms with E-state index in [0.29, 0.717) is 65.3 Å². The van der Waals surface area contributed by atoms with Crippen molar-refractivity contribution >= 4 is 17.3 Å². The quantitative estimate of drug-likeness (QED) is 0.479. The van der Waals surface area contributed by atoms with Crippen molar-refractivity contribution in [1.29, 1.82) is 0 Å². The number of benzene rings is 1. The van der Waals surface area contributed by atoms with Crippen molar-refractivity contribution < 1.29 is 22.7 Å². The van der Waals surface area contributed by atoms with E-state index in [-0.39, 0.29) is 11.7 Å². The Balaban J connectivity index is 1.65. The summed E-state index contributed by atoms with van der Waals surface area (Å²) in [6, 6.07) is 6.15. The van der Waals surface area contributed by atoms with Gasteiger partial charge in [-0.2, -0.15) is 0 Å². The first-order chi connectivity index (χ1) is 16.4. The SMILES string of the molecule is COc1c(F)cccc1Nc1c(-c2ccncc2C#CC2(C(F)F)CC2)[nH]c2c1C(=O)NCC2. The van der Waals surface area contributed by atoms with Crippen LogP contribution in [0, 0.1) is 23.1 Å². The van der Waals surface area contributed by atoms with Gasteiger partial charge < -0.3 is 20.4 Å². The molecule has 1 saturated carbocycles. The minimum Gasteiger partial charge on any atom is -0.492 e. The number of alkyl halides is 2. The lowest BCUT2D eigenvalue weighted by Gasteiger charge is -2.17. The smallest absolute Gasteiger partial charge is 0.255 e.